The Balaban J connectivity index is 1.77. The molecule has 0 aromatic heterocycles. The molecule has 30 heavy (non-hydrogen) atoms. The van der Waals surface area contributed by atoms with Crippen molar-refractivity contribution in [2.75, 3.05) is 11.1 Å². The summed E-state index contributed by atoms with van der Waals surface area (Å²) in [7, 11) is -3.02. The summed E-state index contributed by atoms with van der Waals surface area (Å²) in [6.07, 6.45) is 0.311. The summed E-state index contributed by atoms with van der Waals surface area (Å²) >= 11 is 6.78. The average molecular weight is 440 g/mol. The molecule has 3 heterocycles. The first-order valence-corrected chi connectivity index (χ1v) is 12.5. The van der Waals surface area contributed by atoms with Crippen molar-refractivity contribution in [2.45, 2.75) is 26.4 Å². The summed E-state index contributed by atoms with van der Waals surface area (Å²) in [5.74, 6) is -0.984. The van der Waals surface area contributed by atoms with Crippen LogP contribution < -0.4 is 10.2 Å². The zero-order chi connectivity index (χ0) is 21.5. The topological polar surface area (TPSA) is 54.5 Å². The van der Waals surface area contributed by atoms with Gasteiger partial charge in [-0.05, 0) is 38.5 Å². The molecule has 4 aliphatic rings. The highest BCUT2D eigenvalue weighted by Gasteiger charge is 2.78. The van der Waals surface area contributed by atoms with Crippen molar-refractivity contribution in [3.63, 3.8) is 0 Å². The summed E-state index contributed by atoms with van der Waals surface area (Å²) in [6.45, 7) is 5.55. The maximum Gasteiger partial charge on any atom is 0.241 e. The molecule has 5 atom stereocenters. The van der Waals surface area contributed by atoms with Gasteiger partial charge in [0.1, 0.15) is 7.14 Å². The molecule has 0 N–H and O–H groups in total. The lowest BCUT2D eigenvalue weighted by Gasteiger charge is -2.58. The first kappa shape index (κ1) is 19.8. The molecule has 2 bridgehead atoms. The lowest BCUT2D eigenvalue weighted by atomic mass is 9.54. The Bertz CT molecular complexity index is 1160. The van der Waals surface area contributed by atoms with Crippen molar-refractivity contribution < 1.29 is 14.2 Å². The Hall–Kier alpha value is -2.16. The number of carbonyl (C=O) groups excluding carboxylic acids is 2. The number of fused-ring (bicyclic) bond motifs is 1. The van der Waals surface area contributed by atoms with Crippen LogP contribution in [0.2, 0.25) is 0 Å². The maximum absolute atomic E-state index is 14.6. The second-order valence-corrected chi connectivity index (χ2v) is 12.4. The Morgan fingerprint density at radius 2 is 1.47 bits per heavy atom. The normalized spacial score (nSPS) is 37.7. The number of para-hydroxylation sites is 1. The van der Waals surface area contributed by atoms with Crippen molar-refractivity contribution in [1.29, 1.82) is 0 Å². The molecule has 5 unspecified atom stereocenters. The first-order valence-electron chi connectivity index (χ1n) is 10.1. The number of amides is 2. The van der Waals surface area contributed by atoms with Crippen LogP contribution in [0.15, 0.2) is 71.3 Å². The van der Waals surface area contributed by atoms with Gasteiger partial charge >= 0.3 is 0 Å². The molecule has 2 aromatic carbocycles. The summed E-state index contributed by atoms with van der Waals surface area (Å²) in [5, 5.41) is 1.35. The highest BCUT2D eigenvalue weighted by Crippen LogP contribution is 2.77. The molecule has 154 valence electrons. The van der Waals surface area contributed by atoms with Crippen LogP contribution in [0.5, 0.6) is 0 Å². The Morgan fingerprint density at radius 1 is 0.933 bits per heavy atom. The van der Waals surface area contributed by atoms with E-state index in [0.29, 0.717) is 16.9 Å². The third kappa shape index (κ3) is 2.07. The fraction of sp³-hybridized carbons (Fsp3) is 0.333. The molecule has 0 spiro atoms. The summed E-state index contributed by atoms with van der Waals surface area (Å²) in [6, 6.07) is 18.4. The van der Waals surface area contributed by atoms with Crippen LogP contribution >= 0.6 is 18.7 Å². The van der Waals surface area contributed by atoms with Crippen molar-refractivity contribution >= 4 is 41.5 Å². The fourth-order valence-electron chi connectivity index (χ4n) is 6.12. The zero-order valence-electron chi connectivity index (χ0n) is 17.1. The number of hydrogen-bond donors (Lipinski definition) is 0. The van der Waals surface area contributed by atoms with Crippen molar-refractivity contribution in [2.24, 2.45) is 16.7 Å². The molecular formula is C24H23ClNO3P. The number of carbonyl (C=O) groups is 2. The third-order valence-electron chi connectivity index (χ3n) is 7.79. The van der Waals surface area contributed by atoms with Crippen molar-refractivity contribution in [1.82, 2.24) is 0 Å². The lowest BCUT2D eigenvalue weighted by Crippen LogP contribution is -2.61. The minimum Gasteiger partial charge on any atom is -0.318 e. The van der Waals surface area contributed by atoms with Crippen LogP contribution in [-0.4, -0.2) is 23.6 Å². The number of nitrogens with zero attached hydrogens (tertiary/aromatic N) is 1. The number of rotatable bonds is 2. The highest BCUT2D eigenvalue weighted by molar-refractivity contribution is 7.72. The van der Waals surface area contributed by atoms with Gasteiger partial charge in [-0.1, -0.05) is 60.1 Å². The standard InChI is InChI=1S/C24H23ClNO3P/c1-15-19(25)18-14-30(29,17-12-8-5-9-13-17)20(15)24(3)22(28)26(21(27)23(18,24)2)16-10-6-4-7-11-16/h4-13,18,20H,14H2,1-3H3. The van der Waals surface area contributed by atoms with E-state index in [0.717, 1.165) is 10.9 Å². The van der Waals surface area contributed by atoms with Crippen LogP contribution in [0.1, 0.15) is 20.8 Å². The van der Waals surface area contributed by atoms with Gasteiger partial charge in [-0.15, -0.1) is 0 Å². The van der Waals surface area contributed by atoms with Crippen LogP contribution in [0, 0.1) is 16.7 Å². The van der Waals surface area contributed by atoms with Crippen molar-refractivity contribution in [3.05, 3.63) is 71.3 Å². The van der Waals surface area contributed by atoms with E-state index in [-0.39, 0.29) is 11.8 Å². The van der Waals surface area contributed by atoms with Gasteiger partial charge in [-0.3, -0.25) is 9.59 Å². The van der Waals surface area contributed by atoms with E-state index < -0.39 is 29.5 Å². The van der Waals surface area contributed by atoms with E-state index in [9.17, 15) is 14.2 Å². The van der Waals surface area contributed by atoms with Gasteiger partial charge < -0.3 is 4.57 Å². The Kier molecular flexibility index (Phi) is 4.08. The number of halogens is 1. The fourth-order valence-corrected chi connectivity index (χ4v) is 11.2. The largest absolute Gasteiger partial charge is 0.318 e. The number of allylic oxidation sites excluding steroid dienone is 2. The smallest absolute Gasteiger partial charge is 0.241 e. The molecule has 3 aliphatic heterocycles. The Morgan fingerprint density at radius 3 is 2.07 bits per heavy atom. The zero-order valence-corrected chi connectivity index (χ0v) is 18.8. The van der Waals surface area contributed by atoms with E-state index >= 15 is 0 Å². The van der Waals surface area contributed by atoms with Crippen LogP contribution in [0.3, 0.4) is 0 Å². The number of imide groups is 1. The number of hydrogen-bond acceptors (Lipinski definition) is 3. The Labute approximate surface area is 181 Å². The van der Waals surface area contributed by atoms with Gasteiger partial charge in [-0.25, -0.2) is 4.90 Å². The average Bonchev–Trinajstić information content (AvgIpc) is 2.91. The molecule has 2 saturated heterocycles. The quantitative estimate of drug-likeness (QED) is 0.499. The third-order valence-corrected chi connectivity index (χ3v) is 12.2. The van der Waals surface area contributed by atoms with Gasteiger partial charge in [0.2, 0.25) is 11.8 Å². The van der Waals surface area contributed by atoms with Crippen LogP contribution in [0.25, 0.3) is 0 Å². The molecular weight excluding hydrogens is 417 g/mol. The lowest BCUT2D eigenvalue weighted by molar-refractivity contribution is -0.136. The molecule has 6 rings (SSSR count). The van der Waals surface area contributed by atoms with E-state index in [2.05, 4.69) is 0 Å². The first-order chi connectivity index (χ1) is 14.2. The van der Waals surface area contributed by atoms with E-state index in [1.165, 1.54) is 4.90 Å². The van der Waals surface area contributed by atoms with Gasteiger partial charge in [0, 0.05) is 22.4 Å². The second-order valence-electron chi connectivity index (χ2n) is 8.99. The van der Waals surface area contributed by atoms with E-state index in [1.807, 2.05) is 69.3 Å². The predicted octanol–water partition coefficient (Wildman–Crippen LogP) is 4.79. The minimum atomic E-state index is -3.02. The van der Waals surface area contributed by atoms with Gasteiger partial charge in [-0.2, -0.15) is 0 Å². The van der Waals surface area contributed by atoms with Crippen molar-refractivity contribution in [3.8, 4) is 0 Å². The van der Waals surface area contributed by atoms with Crippen LogP contribution in [0.4, 0.5) is 5.69 Å². The second kappa shape index (κ2) is 6.18. The van der Waals surface area contributed by atoms with Gasteiger partial charge in [0.15, 0.2) is 0 Å². The minimum absolute atomic E-state index is 0.249. The maximum atomic E-state index is 14.6. The monoisotopic (exact) mass is 439 g/mol. The summed E-state index contributed by atoms with van der Waals surface area (Å²) < 4.78 is 14.6. The summed E-state index contributed by atoms with van der Waals surface area (Å²) in [5.41, 5.74) is -1.43. The SMILES string of the molecule is CC1=C(Cl)C2CP(=O)(c3ccccc3)C1C1(C)C(=O)N(c3ccccc3)C(=O)C21C. The molecule has 0 radical (unpaired) electrons. The molecule has 2 aromatic rings. The van der Waals surface area contributed by atoms with Gasteiger partial charge in [0.25, 0.3) is 0 Å². The van der Waals surface area contributed by atoms with E-state index in [4.69, 9.17) is 11.6 Å². The molecule has 0 saturated carbocycles. The highest BCUT2D eigenvalue weighted by atomic mass is 35.5. The molecule has 2 fully saturated rings. The molecule has 1 aliphatic carbocycles. The summed E-state index contributed by atoms with van der Waals surface area (Å²) in [4.78, 5) is 29.1. The predicted molar refractivity (Wildman–Crippen MR) is 120 cm³/mol. The van der Waals surface area contributed by atoms with Crippen LogP contribution in [-0.2, 0) is 14.2 Å². The molecule has 4 nitrogen and oxygen atoms in total. The van der Waals surface area contributed by atoms with Gasteiger partial charge in [0.05, 0.1) is 22.2 Å². The van der Waals surface area contributed by atoms with E-state index in [1.54, 1.807) is 12.1 Å². The molecule has 2 amide bonds. The number of benzene rings is 2. The number of anilines is 1. The molecule has 6 heteroatoms.